The van der Waals surface area contributed by atoms with Gasteiger partial charge in [-0.25, -0.2) is 4.79 Å². The zero-order valence-corrected chi connectivity index (χ0v) is 22.9. The van der Waals surface area contributed by atoms with E-state index in [4.69, 9.17) is 4.74 Å². The highest BCUT2D eigenvalue weighted by Gasteiger charge is 2.48. The quantitative estimate of drug-likeness (QED) is 0.300. The van der Waals surface area contributed by atoms with Crippen molar-refractivity contribution >= 4 is 17.7 Å². The topological polar surface area (TPSA) is 76.5 Å². The number of nitrogens with one attached hydrogen (secondary N) is 1. The van der Waals surface area contributed by atoms with Gasteiger partial charge in [0.15, 0.2) is 0 Å². The van der Waals surface area contributed by atoms with Gasteiger partial charge >= 0.3 is 6.09 Å². The lowest BCUT2D eigenvalue weighted by Gasteiger charge is -2.45. The predicted octanol–water partition coefficient (Wildman–Crippen LogP) is 6.35. The van der Waals surface area contributed by atoms with Crippen LogP contribution in [-0.2, 0) is 22.7 Å². The van der Waals surface area contributed by atoms with E-state index in [1.54, 1.807) is 6.92 Å². The average Bonchev–Trinajstić information content (AvgIpc) is 3.71. The highest BCUT2D eigenvalue weighted by molar-refractivity contribution is 5.94. The van der Waals surface area contributed by atoms with Crippen molar-refractivity contribution < 1.29 is 14.3 Å². The minimum Gasteiger partial charge on any atom is -0.445 e. The number of rotatable bonds is 7. The maximum atomic E-state index is 13.1. The Labute approximate surface area is 234 Å². The van der Waals surface area contributed by atoms with Crippen LogP contribution in [0.2, 0.25) is 0 Å². The Hall–Kier alpha value is -4.39. The number of benzene rings is 3. The molecule has 1 fully saturated rings. The van der Waals surface area contributed by atoms with Gasteiger partial charge in [-0.3, -0.25) is 9.48 Å². The number of amides is 2. The third kappa shape index (κ3) is 5.37. The van der Waals surface area contributed by atoms with Gasteiger partial charge in [-0.15, -0.1) is 0 Å². The molecule has 1 saturated carbocycles. The lowest BCUT2D eigenvalue weighted by atomic mass is 9.79. The number of carbonyl (C=O) groups is 2. The van der Waals surface area contributed by atoms with Crippen molar-refractivity contribution in [3.63, 3.8) is 0 Å². The van der Waals surface area contributed by atoms with Gasteiger partial charge in [0.05, 0.1) is 18.8 Å². The monoisotopic (exact) mass is 534 g/mol. The normalized spacial score (nSPS) is 20.1. The van der Waals surface area contributed by atoms with Gasteiger partial charge < -0.3 is 15.0 Å². The van der Waals surface area contributed by atoms with E-state index in [2.05, 4.69) is 35.5 Å². The smallest absolute Gasteiger partial charge is 0.407 e. The first-order valence-electron chi connectivity index (χ1n) is 14.0. The van der Waals surface area contributed by atoms with Crippen LogP contribution in [0.1, 0.15) is 49.4 Å². The minimum absolute atomic E-state index is 0.0178. The van der Waals surface area contributed by atoms with Crippen LogP contribution in [0.5, 0.6) is 0 Å². The number of alkyl carbamates (subject to hydrolysis) is 1. The van der Waals surface area contributed by atoms with Crippen LogP contribution >= 0.6 is 0 Å². The van der Waals surface area contributed by atoms with Crippen molar-refractivity contribution in [1.29, 1.82) is 0 Å². The molecular weight excluding hydrogens is 500 g/mol. The van der Waals surface area contributed by atoms with E-state index < -0.39 is 6.09 Å². The largest absolute Gasteiger partial charge is 0.445 e. The molecule has 0 saturated heterocycles. The molecule has 2 aliphatic rings. The summed E-state index contributed by atoms with van der Waals surface area (Å²) in [6, 6.07) is 25.8. The highest BCUT2D eigenvalue weighted by atomic mass is 16.5. The molecule has 7 nitrogen and oxygen atoms in total. The number of carbonyl (C=O) groups excluding carboxylic acids is 2. The zero-order chi connectivity index (χ0) is 27.6. The third-order valence-electron chi connectivity index (χ3n) is 8.07. The number of hydrogen-bond acceptors (Lipinski definition) is 4. The Kier molecular flexibility index (Phi) is 7.11. The Morgan fingerprint density at radius 3 is 2.33 bits per heavy atom. The van der Waals surface area contributed by atoms with Crippen molar-refractivity contribution in [1.82, 2.24) is 15.1 Å². The maximum absolute atomic E-state index is 13.1. The third-order valence-corrected chi connectivity index (χ3v) is 8.07. The highest BCUT2D eigenvalue weighted by Crippen LogP contribution is 2.49. The molecule has 40 heavy (non-hydrogen) atoms. The van der Waals surface area contributed by atoms with Crippen molar-refractivity contribution in [3.05, 3.63) is 108 Å². The lowest BCUT2D eigenvalue weighted by molar-refractivity contribution is -0.117. The zero-order valence-electron chi connectivity index (χ0n) is 22.9. The Bertz CT molecular complexity index is 1500. The number of nitrogens with zero attached hydrogens (tertiary/aromatic N) is 3. The van der Waals surface area contributed by atoms with Crippen LogP contribution in [0, 0.1) is 11.8 Å². The fourth-order valence-corrected chi connectivity index (χ4v) is 6.01. The van der Waals surface area contributed by atoms with Crippen LogP contribution in [0.15, 0.2) is 91.3 Å². The van der Waals surface area contributed by atoms with Gasteiger partial charge in [-0.05, 0) is 53.1 Å². The predicted molar refractivity (Wildman–Crippen MR) is 155 cm³/mol. The molecule has 6 rings (SSSR count). The first-order chi connectivity index (χ1) is 19.5. The molecule has 204 valence electrons. The summed E-state index contributed by atoms with van der Waals surface area (Å²) in [5.74, 6) is 0.482. The van der Waals surface area contributed by atoms with Gasteiger partial charge in [0.2, 0.25) is 5.91 Å². The number of anilines is 1. The van der Waals surface area contributed by atoms with Crippen molar-refractivity contribution in [2.75, 3.05) is 4.90 Å². The number of hydrogen-bond donors (Lipinski definition) is 1. The molecule has 0 unspecified atom stereocenters. The minimum atomic E-state index is -0.460. The maximum Gasteiger partial charge on any atom is 0.407 e. The summed E-state index contributed by atoms with van der Waals surface area (Å²) < 4.78 is 7.54. The SMILES string of the molecule is CC(=O)N1c2ccc(-c3cnn(Cc4ccccc4)c3)cc2[C@H](NC(=O)OCc2ccccc2)[C@@H](C)[C@@H]1C1CC1. The second-order valence-electron chi connectivity index (χ2n) is 10.9. The number of ether oxygens (including phenoxy) is 1. The Morgan fingerprint density at radius 2 is 1.65 bits per heavy atom. The summed E-state index contributed by atoms with van der Waals surface area (Å²) in [5.41, 5.74) is 5.86. The van der Waals surface area contributed by atoms with Gasteiger partial charge in [-0.1, -0.05) is 73.7 Å². The van der Waals surface area contributed by atoms with Crippen LogP contribution in [0.4, 0.5) is 10.5 Å². The van der Waals surface area contributed by atoms with Crippen LogP contribution in [0.25, 0.3) is 11.1 Å². The molecule has 1 N–H and O–H groups in total. The molecule has 0 radical (unpaired) electrons. The molecule has 0 bridgehead atoms. The van der Waals surface area contributed by atoms with Crippen molar-refractivity contribution in [2.24, 2.45) is 11.8 Å². The van der Waals surface area contributed by atoms with Gasteiger partial charge in [0.1, 0.15) is 6.61 Å². The van der Waals surface area contributed by atoms with E-state index >= 15 is 0 Å². The summed E-state index contributed by atoms with van der Waals surface area (Å²) in [7, 11) is 0. The fourth-order valence-electron chi connectivity index (χ4n) is 6.01. The first kappa shape index (κ1) is 25.9. The molecule has 2 amide bonds. The average molecular weight is 535 g/mol. The van der Waals surface area contributed by atoms with E-state index in [-0.39, 0.29) is 30.5 Å². The summed E-state index contributed by atoms with van der Waals surface area (Å²) in [6.07, 6.45) is 5.63. The lowest BCUT2D eigenvalue weighted by Crippen LogP contribution is -2.53. The molecule has 1 aliphatic heterocycles. The molecule has 4 aromatic rings. The Morgan fingerprint density at radius 1 is 0.950 bits per heavy atom. The molecule has 1 aliphatic carbocycles. The van der Waals surface area contributed by atoms with E-state index in [0.29, 0.717) is 12.5 Å². The van der Waals surface area contributed by atoms with Crippen molar-refractivity contribution in [2.45, 2.75) is 51.9 Å². The fraction of sp³-hybridized carbons (Fsp3) is 0.303. The summed E-state index contributed by atoms with van der Waals surface area (Å²) >= 11 is 0. The van der Waals surface area contributed by atoms with Crippen LogP contribution in [0.3, 0.4) is 0 Å². The van der Waals surface area contributed by atoms with Crippen LogP contribution in [-0.4, -0.2) is 27.8 Å². The molecule has 3 aromatic carbocycles. The second-order valence-corrected chi connectivity index (χ2v) is 10.9. The molecule has 2 heterocycles. The standard InChI is InChI=1S/C33H34N4O3/c1-22-31(35-33(39)40-21-25-11-7-4-8-12-25)29-17-27(15-16-30(29)37(23(2)38)32(22)26-13-14-26)28-18-34-36(20-28)19-24-9-5-3-6-10-24/h3-12,15-18,20,22,26,31-32H,13-14,19,21H2,1-2H3,(H,35,39)/t22-,31-,32-/m1/s1. The van der Waals surface area contributed by atoms with Crippen molar-refractivity contribution in [3.8, 4) is 11.1 Å². The van der Waals surface area contributed by atoms with E-state index in [1.807, 2.05) is 82.6 Å². The van der Waals surface area contributed by atoms with Gasteiger partial charge in [0, 0.05) is 36.3 Å². The summed E-state index contributed by atoms with van der Waals surface area (Å²) in [5, 5.41) is 7.75. The molecule has 7 heteroatoms. The molecule has 3 atom stereocenters. The van der Waals surface area contributed by atoms with Crippen LogP contribution < -0.4 is 10.2 Å². The van der Waals surface area contributed by atoms with E-state index in [1.165, 1.54) is 5.56 Å². The summed E-state index contributed by atoms with van der Waals surface area (Å²) in [6.45, 7) is 4.65. The van der Waals surface area contributed by atoms with Gasteiger partial charge in [-0.2, -0.15) is 5.10 Å². The van der Waals surface area contributed by atoms with Gasteiger partial charge in [0.25, 0.3) is 0 Å². The molecule has 1 aromatic heterocycles. The van der Waals surface area contributed by atoms with E-state index in [9.17, 15) is 9.59 Å². The number of aromatic nitrogens is 2. The molecular formula is C33H34N4O3. The summed E-state index contributed by atoms with van der Waals surface area (Å²) in [4.78, 5) is 28.0. The van der Waals surface area contributed by atoms with E-state index in [0.717, 1.165) is 40.8 Å². The second kappa shape index (κ2) is 11.0. The first-order valence-corrected chi connectivity index (χ1v) is 14.0. The number of fused-ring (bicyclic) bond motifs is 1. The Balaban J connectivity index is 1.30. The molecule has 0 spiro atoms.